The van der Waals surface area contributed by atoms with Gasteiger partial charge in [-0.1, -0.05) is 12.1 Å². The van der Waals surface area contributed by atoms with Crippen molar-refractivity contribution in [2.75, 3.05) is 27.4 Å². The molecule has 2 aromatic rings. The van der Waals surface area contributed by atoms with Gasteiger partial charge in [-0.25, -0.2) is 0 Å². The zero-order valence-corrected chi connectivity index (χ0v) is 15.2. The van der Waals surface area contributed by atoms with Crippen molar-refractivity contribution in [3.8, 4) is 11.5 Å². The number of hydrogen-bond acceptors (Lipinski definition) is 5. The zero-order chi connectivity index (χ0) is 17.6. The molecule has 136 valence electrons. The van der Waals surface area contributed by atoms with Gasteiger partial charge in [-0.05, 0) is 19.4 Å². The largest absolute Gasteiger partial charge is 0.493 e. The van der Waals surface area contributed by atoms with E-state index in [1.54, 1.807) is 14.2 Å². The Bertz CT molecular complexity index is 686. The van der Waals surface area contributed by atoms with Gasteiger partial charge >= 0.3 is 0 Å². The Morgan fingerprint density at radius 1 is 1.32 bits per heavy atom. The molecule has 1 fully saturated rings. The number of nitrogens with zero attached hydrogens (tertiary/aromatic N) is 2. The van der Waals surface area contributed by atoms with Crippen LogP contribution in [-0.4, -0.2) is 37.2 Å². The number of rotatable bonds is 8. The average molecular weight is 345 g/mol. The molecule has 0 amide bonds. The highest BCUT2D eigenvalue weighted by Gasteiger charge is 2.30. The lowest BCUT2D eigenvalue weighted by molar-refractivity contribution is 0.0903. The Morgan fingerprint density at radius 2 is 2.20 bits per heavy atom. The van der Waals surface area contributed by atoms with Crippen molar-refractivity contribution in [3.63, 3.8) is 0 Å². The monoisotopic (exact) mass is 345 g/mol. The van der Waals surface area contributed by atoms with E-state index in [1.807, 2.05) is 23.0 Å². The molecule has 3 rings (SSSR count). The number of aromatic nitrogens is 2. The number of para-hydroxylation sites is 1. The molecule has 1 N–H and O–H groups in total. The van der Waals surface area contributed by atoms with Crippen molar-refractivity contribution >= 4 is 0 Å². The minimum Gasteiger partial charge on any atom is -0.493 e. The van der Waals surface area contributed by atoms with Gasteiger partial charge in [0.15, 0.2) is 11.5 Å². The van der Waals surface area contributed by atoms with Gasteiger partial charge in [0.1, 0.15) is 0 Å². The average Bonchev–Trinajstić information content (AvgIpc) is 3.30. The fourth-order valence-corrected chi connectivity index (χ4v) is 3.40. The van der Waals surface area contributed by atoms with Gasteiger partial charge in [0, 0.05) is 49.5 Å². The van der Waals surface area contributed by atoms with Gasteiger partial charge in [-0.2, -0.15) is 5.10 Å². The Labute approximate surface area is 149 Å². The van der Waals surface area contributed by atoms with Gasteiger partial charge in [-0.3, -0.25) is 4.68 Å². The van der Waals surface area contributed by atoms with Crippen molar-refractivity contribution in [1.82, 2.24) is 15.1 Å². The first kappa shape index (κ1) is 17.8. The minimum absolute atomic E-state index is 0.125. The van der Waals surface area contributed by atoms with E-state index in [-0.39, 0.29) is 6.10 Å². The van der Waals surface area contributed by atoms with Crippen molar-refractivity contribution in [1.29, 1.82) is 0 Å². The van der Waals surface area contributed by atoms with Gasteiger partial charge in [-0.15, -0.1) is 0 Å². The topological polar surface area (TPSA) is 57.5 Å². The Morgan fingerprint density at radius 3 is 2.92 bits per heavy atom. The summed E-state index contributed by atoms with van der Waals surface area (Å²) < 4.78 is 18.8. The summed E-state index contributed by atoms with van der Waals surface area (Å²) in [6.07, 6.45) is 5.20. The molecular weight excluding hydrogens is 318 g/mol. The van der Waals surface area contributed by atoms with E-state index in [4.69, 9.17) is 14.2 Å². The maximum absolute atomic E-state index is 5.96. The van der Waals surface area contributed by atoms with Crippen molar-refractivity contribution in [2.45, 2.75) is 32.5 Å². The number of ether oxygens (including phenoxy) is 3. The summed E-state index contributed by atoms with van der Waals surface area (Å²) in [6, 6.07) is 5.95. The molecule has 2 heterocycles. The van der Waals surface area contributed by atoms with Crippen LogP contribution in [0.3, 0.4) is 0 Å². The fourth-order valence-electron chi connectivity index (χ4n) is 3.40. The first-order valence-corrected chi connectivity index (χ1v) is 8.81. The van der Waals surface area contributed by atoms with E-state index in [9.17, 15) is 0 Å². The molecule has 1 aliphatic heterocycles. The van der Waals surface area contributed by atoms with Crippen LogP contribution in [-0.2, 0) is 17.8 Å². The van der Waals surface area contributed by atoms with Crippen LogP contribution in [0.2, 0.25) is 0 Å². The Balaban J connectivity index is 1.60. The summed E-state index contributed by atoms with van der Waals surface area (Å²) in [5, 5.41) is 7.92. The predicted molar refractivity (Wildman–Crippen MR) is 96.0 cm³/mol. The van der Waals surface area contributed by atoms with Crippen LogP contribution in [0.15, 0.2) is 30.6 Å². The third kappa shape index (κ3) is 3.96. The van der Waals surface area contributed by atoms with E-state index in [1.165, 1.54) is 5.56 Å². The van der Waals surface area contributed by atoms with E-state index < -0.39 is 0 Å². The van der Waals surface area contributed by atoms with Crippen molar-refractivity contribution in [2.24, 2.45) is 5.92 Å². The maximum Gasteiger partial charge on any atom is 0.165 e. The molecular formula is C19H27N3O3. The second-order valence-corrected chi connectivity index (χ2v) is 6.25. The molecule has 0 spiro atoms. The highest BCUT2D eigenvalue weighted by atomic mass is 16.5. The van der Waals surface area contributed by atoms with E-state index in [2.05, 4.69) is 29.6 Å². The molecule has 6 nitrogen and oxygen atoms in total. The lowest BCUT2D eigenvalue weighted by Gasteiger charge is -2.19. The first-order valence-electron chi connectivity index (χ1n) is 8.81. The number of nitrogens with one attached hydrogen (secondary N) is 1. The molecule has 1 aromatic heterocycles. The fraction of sp³-hybridized carbons (Fsp3) is 0.526. The highest BCUT2D eigenvalue weighted by Crippen LogP contribution is 2.34. The molecule has 0 radical (unpaired) electrons. The Kier molecular flexibility index (Phi) is 5.94. The van der Waals surface area contributed by atoms with Crippen LogP contribution < -0.4 is 14.8 Å². The van der Waals surface area contributed by atoms with Crippen molar-refractivity contribution in [3.05, 3.63) is 41.7 Å². The van der Waals surface area contributed by atoms with E-state index in [0.717, 1.165) is 49.7 Å². The van der Waals surface area contributed by atoms with E-state index in [0.29, 0.717) is 5.92 Å². The van der Waals surface area contributed by atoms with Gasteiger partial charge in [0.05, 0.1) is 26.5 Å². The summed E-state index contributed by atoms with van der Waals surface area (Å²) in [6.45, 7) is 5.40. The number of methoxy groups -OCH3 is 2. The highest BCUT2D eigenvalue weighted by molar-refractivity contribution is 5.46. The van der Waals surface area contributed by atoms with E-state index >= 15 is 0 Å². The maximum atomic E-state index is 5.96. The van der Waals surface area contributed by atoms with Gasteiger partial charge in [0.2, 0.25) is 0 Å². The molecule has 25 heavy (non-hydrogen) atoms. The third-order valence-electron chi connectivity index (χ3n) is 4.73. The van der Waals surface area contributed by atoms with Crippen LogP contribution in [0.25, 0.3) is 0 Å². The Hall–Kier alpha value is -2.05. The molecule has 0 aliphatic carbocycles. The summed E-state index contributed by atoms with van der Waals surface area (Å²) >= 11 is 0. The summed E-state index contributed by atoms with van der Waals surface area (Å²) in [7, 11) is 3.33. The first-order chi connectivity index (χ1) is 12.3. The number of hydrogen-bond donors (Lipinski definition) is 1. The molecule has 2 atom stereocenters. The molecule has 0 saturated carbocycles. The lowest BCUT2D eigenvalue weighted by Crippen LogP contribution is -2.24. The second-order valence-electron chi connectivity index (χ2n) is 6.25. The normalized spacial score (nSPS) is 20.0. The zero-order valence-electron chi connectivity index (χ0n) is 15.2. The van der Waals surface area contributed by atoms with Gasteiger partial charge < -0.3 is 19.5 Å². The van der Waals surface area contributed by atoms with Crippen molar-refractivity contribution < 1.29 is 14.2 Å². The molecule has 6 heteroatoms. The molecule has 1 aromatic carbocycles. The standard InChI is InChI=1S/C19H27N3O3/c1-4-22-13-16(12-21-22)18-15(8-9-25-18)11-20-10-14-6-5-7-17(23-2)19(14)24-3/h5-7,12-13,15,18,20H,4,8-11H2,1-3H3/t15-,18+/m0/s1. The predicted octanol–water partition coefficient (Wildman–Crippen LogP) is 2.79. The summed E-state index contributed by atoms with van der Waals surface area (Å²) in [4.78, 5) is 0. The second kappa shape index (κ2) is 8.36. The third-order valence-corrected chi connectivity index (χ3v) is 4.73. The molecule has 1 saturated heterocycles. The molecule has 0 bridgehead atoms. The van der Waals surface area contributed by atoms with Crippen LogP contribution >= 0.6 is 0 Å². The van der Waals surface area contributed by atoms with Crippen LogP contribution in [0.1, 0.15) is 30.6 Å². The number of aryl methyl sites for hydroxylation is 1. The molecule has 0 unspecified atom stereocenters. The lowest BCUT2D eigenvalue weighted by atomic mass is 9.97. The van der Waals surface area contributed by atoms with Crippen LogP contribution in [0.4, 0.5) is 0 Å². The smallest absolute Gasteiger partial charge is 0.165 e. The molecule has 1 aliphatic rings. The summed E-state index contributed by atoms with van der Waals surface area (Å²) in [5.74, 6) is 2.00. The van der Waals surface area contributed by atoms with Gasteiger partial charge in [0.25, 0.3) is 0 Å². The number of benzene rings is 1. The quantitative estimate of drug-likeness (QED) is 0.797. The minimum atomic E-state index is 0.125. The SMILES string of the molecule is CCn1cc([C@@H]2OCC[C@H]2CNCc2cccc(OC)c2OC)cn1. The van der Waals surface area contributed by atoms with Crippen LogP contribution in [0.5, 0.6) is 11.5 Å². The van der Waals surface area contributed by atoms with Crippen LogP contribution in [0, 0.1) is 5.92 Å². The summed E-state index contributed by atoms with van der Waals surface area (Å²) in [5.41, 5.74) is 2.27.